The van der Waals surface area contributed by atoms with Gasteiger partial charge in [-0.05, 0) is 48.7 Å². The second-order valence-electron chi connectivity index (χ2n) is 6.63. The molecule has 5 nitrogen and oxygen atoms in total. The molecule has 0 aliphatic heterocycles. The molecule has 1 aromatic heterocycles. The molecule has 140 valence electrons. The van der Waals surface area contributed by atoms with Crippen LogP contribution in [0, 0.1) is 18.7 Å². The lowest BCUT2D eigenvalue weighted by molar-refractivity contribution is -0.118. The summed E-state index contributed by atoms with van der Waals surface area (Å²) >= 11 is 1.39. The minimum absolute atomic E-state index is 0.134. The van der Waals surface area contributed by atoms with Gasteiger partial charge in [-0.25, -0.2) is 9.37 Å². The Morgan fingerprint density at radius 2 is 1.81 bits per heavy atom. The maximum Gasteiger partial charge on any atom is 0.251 e. The summed E-state index contributed by atoms with van der Waals surface area (Å²) in [7, 11) is 0. The van der Waals surface area contributed by atoms with Gasteiger partial charge in [-0.1, -0.05) is 37.3 Å². The molecule has 0 fully saturated rings. The minimum Gasteiger partial charge on any atom is -0.340 e. The highest BCUT2D eigenvalue weighted by atomic mass is 32.1. The van der Waals surface area contributed by atoms with Crippen LogP contribution in [-0.2, 0) is 4.79 Å². The molecule has 3 rings (SSSR count). The number of halogens is 1. The number of hydrogen-bond donors (Lipinski definition) is 2. The fourth-order valence-corrected chi connectivity index (χ4v) is 3.63. The first-order valence-corrected chi connectivity index (χ1v) is 9.40. The van der Waals surface area contributed by atoms with Crippen molar-refractivity contribution in [3.63, 3.8) is 0 Å². The third-order valence-corrected chi connectivity index (χ3v) is 5.13. The lowest BCUT2D eigenvalue weighted by atomic mass is 10.0. The van der Waals surface area contributed by atoms with Gasteiger partial charge in [0.25, 0.3) is 5.91 Å². The Kier molecular flexibility index (Phi) is 5.51. The summed E-state index contributed by atoms with van der Waals surface area (Å²) in [6, 6.07) is 10.3. The molecule has 0 saturated heterocycles. The van der Waals surface area contributed by atoms with Crippen LogP contribution in [0.2, 0.25) is 0 Å². The Hall–Kier alpha value is -2.80. The number of nitrogens with one attached hydrogen (secondary N) is 2. The van der Waals surface area contributed by atoms with E-state index < -0.39 is 17.8 Å². The number of fused-ring (bicyclic) bond motifs is 1. The highest BCUT2D eigenvalue weighted by molar-refractivity contribution is 7.22. The zero-order valence-electron chi connectivity index (χ0n) is 15.2. The highest BCUT2D eigenvalue weighted by Crippen LogP contribution is 2.28. The van der Waals surface area contributed by atoms with Gasteiger partial charge in [-0.3, -0.25) is 9.59 Å². The molecule has 7 heteroatoms. The minimum atomic E-state index is -0.740. The van der Waals surface area contributed by atoms with Crippen LogP contribution < -0.4 is 10.6 Å². The summed E-state index contributed by atoms with van der Waals surface area (Å²) < 4.78 is 14.0. The lowest BCUT2D eigenvalue weighted by Gasteiger charge is -2.21. The quantitative estimate of drug-likeness (QED) is 0.693. The predicted octanol–water partition coefficient (Wildman–Crippen LogP) is 4.14. The Morgan fingerprint density at radius 1 is 1.11 bits per heavy atom. The predicted molar refractivity (Wildman–Crippen MR) is 105 cm³/mol. The molecule has 0 radical (unpaired) electrons. The van der Waals surface area contributed by atoms with Crippen molar-refractivity contribution in [1.82, 2.24) is 10.3 Å². The molecule has 0 spiro atoms. The summed E-state index contributed by atoms with van der Waals surface area (Å²) in [5.41, 5.74) is 2.19. The van der Waals surface area contributed by atoms with Crippen LogP contribution in [-0.4, -0.2) is 22.8 Å². The summed E-state index contributed by atoms with van der Waals surface area (Å²) in [5.74, 6) is -1.32. The number of carbonyl (C=O) groups is 2. The van der Waals surface area contributed by atoms with E-state index in [0.717, 1.165) is 15.8 Å². The van der Waals surface area contributed by atoms with Gasteiger partial charge in [0, 0.05) is 5.56 Å². The third-order valence-electron chi connectivity index (χ3n) is 4.19. The van der Waals surface area contributed by atoms with E-state index in [9.17, 15) is 14.0 Å². The summed E-state index contributed by atoms with van der Waals surface area (Å²) in [6.45, 7) is 5.66. The first-order chi connectivity index (χ1) is 12.8. The molecule has 0 unspecified atom stereocenters. The van der Waals surface area contributed by atoms with Crippen molar-refractivity contribution in [1.29, 1.82) is 0 Å². The molecule has 2 N–H and O–H groups in total. The number of amides is 2. The largest absolute Gasteiger partial charge is 0.340 e. The number of nitrogens with zero attached hydrogens (tertiary/aromatic N) is 1. The number of para-hydroxylation sites is 1. The van der Waals surface area contributed by atoms with Gasteiger partial charge < -0.3 is 10.6 Å². The maximum atomic E-state index is 13.0. The number of aryl methyl sites for hydroxylation is 1. The SMILES string of the molecule is Cc1cccc2sc(NC(=O)[C@@H](NC(=O)c3ccc(F)cc3)C(C)C)nc12. The van der Waals surface area contributed by atoms with Crippen LogP contribution in [0.25, 0.3) is 10.2 Å². The first-order valence-electron chi connectivity index (χ1n) is 8.58. The van der Waals surface area contributed by atoms with Crippen molar-refractivity contribution in [3.8, 4) is 0 Å². The number of hydrogen-bond acceptors (Lipinski definition) is 4. The number of benzene rings is 2. The van der Waals surface area contributed by atoms with Crippen LogP contribution >= 0.6 is 11.3 Å². The van der Waals surface area contributed by atoms with E-state index in [0.29, 0.717) is 10.7 Å². The third kappa shape index (κ3) is 4.31. The Balaban J connectivity index is 1.75. The topological polar surface area (TPSA) is 71.1 Å². The maximum absolute atomic E-state index is 13.0. The number of anilines is 1. The van der Waals surface area contributed by atoms with Crippen LogP contribution in [0.3, 0.4) is 0 Å². The van der Waals surface area contributed by atoms with E-state index in [2.05, 4.69) is 15.6 Å². The molecule has 27 heavy (non-hydrogen) atoms. The first kappa shape index (κ1) is 19.0. The van der Waals surface area contributed by atoms with E-state index in [-0.39, 0.29) is 11.8 Å². The van der Waals surface area contributed by atoms with Crippen molar-refractivity contribution in [3.05, 3.63) is 59.4 Å². The van der Waals surface area contributed by atoms with Gasteiger partial charge in [0.05, 0.1) is 10.2 Å². The van der Waals surface area contributed by atoms with E-state index in [1.54, 1.807) is 0 Å². The van der Waals surface area contributed by atoms with Crippen LogP contribution in [0.4, 0.5) is 9.52 Å². The molecule has 0 bridgehead atoms. The molecule has 0 saturated carbocycles. The van der Waals surface area contributed by atoms with Crippen molar-refractivity contribution >= 4 is 38.5 Å². The second kappa shape index (κ2) is 7.84. The van der Waals surface area contributed by atoms with Crippen molar-refractivity contribution in [2.75, 3.05) is 5.32 Å². The standard InChI is InChI=1S/C20H20FN3O2S/c1-11(2)16(22-18(25)13-7-9-14(21)10-8-13)19(26)24-20-23-17-12(3)5-4-6-15(17)27-20/h4-11,16H,1-3H3,(H,22,25)(H,23,24,26)/t16-/m0/s1. The number of rotatable bonds is 5. The van der Waals surface area contributed by atoms with Crippen molar-refractivity contribution in [2.45, 2.75) is 26.8 Å². The van der Waals surface area contributed by atoms with Gasteiger partial charge in [0.1, 0.15) is 11.9 Å². The Morgan fingerprint density at radius 3 is 2.44 bits per heavy atom. The Bertz CT molecular complexity index is 983. The van der Waals surface area contributed by atoms with E-state index >= 15 is 0 Å². The van der Waals surface area contributed by atoms with Gasteiger partial charge >= 0.3 is 0 Å². The van der Waals surface area contributed by atoms with Crippen molar-refractivity contribution in [2.24, 2.45) is 5.92 Å². The number of thiazole rings is 1. The van der Waals surface area contributed by atoms with Gasteiger partial charge in [-0.15, -0.1) is 0 Å². The molecular weight excluding hydrogens is 365 g/mol. The van der Waals surface area contributed by atoms with Crippen molar-refractivity contribution < 1.29 is 14.0 Å². The Labute approximate surface area is 160 Å². The molecule has 1 heterocycles. The second-order valence-corrected chi connectivity index (χ2v) is 7.66. The van der Waals surface area contributed by atoms with Gasteiger partial charge in [0.2, 0.25) is 5.91 Å². The lowest BCUT2D eigenvalue weighted by Crippen LogP contribution is -2.47. The summed E-state index contributed by atoms with van der Waals surface area (Å²) in [5, 5.41) is 6.01. The zero-order valence-corrected chi connectivity index (χ0v) is 16.1. The van der Waals surface area contributed by atoms with Gasteiger partial charge in [-0.2, -0.15) is 0 Å². The molecule has 2 aromatic carbocycles. The molecule has 0 aliphatic rings. The van der Waals surface area contributed by atoms with Crippen LogP contribution in [0.15, 0.2) is 42.5 Å². The normalized spacial score (nSPS) is 12.2. The molecule has 0 aliphatic carbocycles. The zero-order chi connectivity index (χ0) is 19.6. The number of carbonyl (C=O) groups excluding carboxylic acids is 2. The molecule has 1 atom stereocenters. The fraction of sp³-hybridized carbons (Fsp3) is 0.250. The summed E-state index contributed by atoms with van der Waals surface area (Å²) in [6.07, 6.45) is 0. The average molecular weight is 385 g/mol. The van der Waals surface area contributed by atoms with Crippen LogP contribution in [0.1, 0.15) is 29.8 Å². The monoisotopic (exact) mass is 385 g/mol. The van der Waals surface area contributed by atoms with E-state index in [1.807, 2.05) is 39.0 Å². The molecular formula is C20H20FN3O2S. The molecule has 2 amide bonds. The average Bonchev–Trinajstić information content (AvgIpc) is 3.03. The smallest absolute Gasteiger partial charge is 0.251 e. The summed E-state index contributed by atoms with van der Waals surface area (Å²) in [4.78, 5) is 29.6. The van der Waals surface area contributed by atoms with E-state index in [1.165, 1.54) is 35.6 Å². The highest BCUT2D eigenvalue weighted by Gasteiger charge is 2.25. The fourth-order valence-electron chi connectivity index (χ4n) is 2.68. The van der Waals surface area contributed by atoms with Gasteiger partial charge in [0.15, 0.2) is 5.13 Å². The van der Waals surface area contributed by atoms with Crippen LogP contribution in [0.5, 0.6) is 0 Å². The van der Waals surface area contributed by atoms with E-state index in [4.69, 9.17) is 0 Å². The number of aromatic nitrogens is 1. The molecule has 3 aromatic rings.